The second kappa shape index (κ2) is 13.0. The molecule has 0 radical (unpaired) electrons. The normalized spacial score (nSPS) is 10.6. The second-order valence-corrected chi connectivity index (χ2v) is 7.80. The molecule has 0 aromatic heterocycles. The maximum Gasteiger partial charge on any atom is 0.240 e. The second-order valence-electron chi connectivity index (χ2n) is 7.37. The van der Waals surface area contributed by atoms with Gasteiger partial charge >= 0.3 is 0 Å². The smallest absolute Gasteiger partial charge is 0.240 e. The lowest BCUT2D eigenvalue weighted by Crippen LogP contribution is -2.20. The fourth-order valence-corrected chi connectivity index (χ4v) is 3.17. The average Bonchev–Trinajstić information content (AvgIpc) is 2.87. The number of carbonyl (C=O) groups excluding carboxylic acids is 2. The van der Waals surface area contributed by atoms with Crippen LogP contribution >= 0.6 is 11.6 Å². The van der Waals surface area contributed by atoms with E-state index in [2.05, 4.69) is 15.8 Å². The van der Waals surface area contributed by atoms with E-state index in [1.54, 1.807) is 61.7 Å². The summed E-state index contributed by atoms with van der Waals surface area (Å²) in [5, 5.41) is 7.34. The number of benzene rings is 3. The van der Waals surface area contributed by atoms with E-state index in [1.165, 1.54) is 13.3 Å². The Morgan fingerprint density at radius 3 is 2.34 bits per heavy atom. The van der Waals surface area contributed by atoms with Crippen molar-refractivity contribution in [1.29, 1.82) is 0 Å². The number of nitrogens with one attached hydrogen (secondary N) is 2. The number of nitrogens with zero attached hydrogens (tertiary/aromatic N) is 1. The molecule has 3 aromatic rings. The summed E-state index contributed by atoms with van der Waals surface area (Å²) >= 11 is 5.91. The van der Waals surface area contributed by atoms with Gasteiger partial charge < -0.3 is 19.5 Å². The van der Waals surface area contributed by atoms with Crippen molar-refractivity contribution in [3.8, 4) is 17.2 Å². The van der Waals surface area contributed by atoms with E-state index < -0.39 is 0 Å². The highest BCUT2D eigenvalue weighted by Crippen LogP contribution is 2.28. The highest BCUT2D eigenvalue weighted by Gasteiger charge is 2.10. The summed E-state index contributed by atoms with van der Waals surface area (Å²) in [6.07, 6.45) is 1.48. The summed E-state index contributed by atoms with van der Waals surface area (Å²) < 4.78 is 16.4. The first-order valence-corrected chi connectivity index (χ1v) is 11.2. The lowest BCUT2D eigenvalue weighted by Gasteiger charge is -2.11. The van der Waals surface area contributed by atoms with Crippen LogP contribution in [0.4, 0.5) is 5.69 Å². The van der Waals surface area contributed by atoms with E-state index in [1.807, 2.05) is 12.1 Å². The van der Waals surface area contributed by atoms with Gasteiger partial charge in [0.05, 0.1) is 26.1 Å². The maximum atomic E-state index is 12.1. The van der Waals surface area contributed by atoms with Gasteiger partial charge in [0.2, 0.25) is 11.8 Å². The molecule has 0 saturated heterocycles. The molecule has 3 aromatic carbocycles. The van der Waals surface area contributed by atoms with Crippen molar-refractivity contribution >= 4 is 35.3 Å². The molecule has 0 unspecified atom stereocenters. The molecular formula is C26H26ClN3O5. The molecule has 3 rings (SSSR count). The Morgan fingerprint density at radius 1 is 0.886 bits per heavy atom. The summed E-state index contributed by atoms with van der Waals surface area (Å²) in [4.78, 5) is 24.2. The number of hydrogen-bond acceptors (Lipinski definition) is 6. The Kier molecular flexibility index (Phi) is 9.50. The average molecular weight is 496 g/mol. The van der Waals surface area contributed by atoms with Crippen LogP contribution in [0.5, 0.6) is 17.2 Å². The summed E-state index contributed by atoms with van der Waals surface area (Å²) in [6, 6.07) is 19.7. The van der Waals surface area contributed by atoms with Crippen LogP contribution in [0.15, 0.2) is 71.8 Å². The standard InChI is InChI=1S/C26H26ClN3O5/c1-33-22-6-4-3-5-21(22)29-25(31)13-14-26(32)30-28-16-19-9-12-23(24(15-19)34-2)35-17-18-7-10-20(27)11-8-18/h3-12,15-16H,13-14,17H2,1-2H3,(H,29,31)(H,30,32). The largest absolute Gasteiger partial charge is 0.495 e. The van der Waals surface area contributed by atoms with E-state index in [0.717, 1.165) is 5.56 Å². The predicted octanol–water partition coefficient (Wildman–Crippen LogP) is 4.81. The van der Waals surface area contributed by atoms with Gasteiger partial charge in [0, 0.05) is 17.9 Å². The minimum atomic E-state index is -0.383. The number of carbonyl (C=O) groups is 2. The molecule has 0 fully saturated rings. The molecule has 182 valence electrons. The van der Waals surface area contributed by atoms with Crippen molar-refractivity contribution in [2.75, 3.05) is 19.5 Å². The highest BCUT2D eigenvalue weighted by atomic mass is 35.5. The topological polar surface area (TPSA) is 98.2 Å². The zero-order valence-electron chi connectivity index (χ0n) is 19.4. The Hall–Kier alpha value is -4.04. The Labute approximate surface area is 208 Å². The molecule has 2 amide bonds. The van der Waals surface area contributed by atoms with Crippen LogP contribution in [0.25, 0.3) is 0 Å². The van der Waals surface area contributed by atoms with Crippen molar-refractivity contribution < 1.29 is 23.8 Å². The predicted molar refractivity (Wildman–Crippen MR) is 135 cm³/mol. The number of rotatable bonds is 11. The summed E-state index contributed by atoms with van der Waals surface area (Å²) in [7, 11) is 3.07. The number of halogens is 1. The Balaban J connectivity index is 1.47. The molecule has 0 saturated carbocycles. The van der Waals surface area contributed by atoms with Crippen molar-refractivity contribution in [3.05, 3.63) is 82.9 Å². The van der Waals surface area contributed by atoms with Crippen LogP contribution < -0.4 is 25.0 Å². The van der Waals surface area contributed by atoms with Gasteiger partial charge in [0.15, 0.2) is 11.5 Å². The summed E-state index contributed by atoms with van der Waals surface area (Å²) in [6.45, 7) is 0.363. The van der Waals surface area contributed by atoms with E-state index in [0.29, 0.717) is 40.1 Å². The third-order valence-corrected chi connectivity index (χ3v) is 5.11. The number of hydrazone groups is 1. The molecule has 9 heteroatoms. The number of ether oxygens (including phenoxy) is 3. The molecule has 0 spiro atoms. The molecule has 0 atom stereocenters. The van der Waals surface area contributed by atoms with Crippen LogP contribution in [-0.2, 0) is 16.2 Å². The van der Waals surface area contributed by atoms with Crippen LogP contribution in [0, 0.1) is 0 Å². The molecule has 2 N–H and O–H groups in total. The first-order valence-electron chi connectivity index (χ1n) is 10.8. The number of methoxy groups -OCH3 is 2. The maximum absolute atomic E-state index is 12.1. The van der Waals surface area contributed by atoms with E-state index >= 15 is 0 Å². The highest BCUT2D eigenvalue weighted by molar-refractivity contribution is 6.30. The number of para-hydroxylation sites is 2. The zero-order chi connectivity index (χ0) is 25.0. The SMILES string of the molecule is COc1ccccc1NC(=O)CCC(=O)NN=Cc1ccc(OCc2ccc(Cl)cc2)c(OC)c1. The van der Waals surface area contributed by atoms with Gasteiger partial charge in [-0.25, -0.2) is 5.43 Å². The van der Waals surface area contributed by atoms with E-state index in [9.17, 15) is 9.59 Å². The first kappa shape index (κ1) is 25.6. The number of amides is 2. The monoisotopic (exact) mass is 495 g/mol. The Bertz CT molecular complexity index is 1180. The van der Waals surface area contributed by atoms with Crippen LogP contribution in [0.1, 0.15) is 24.0 Å². The third kappa shape index (κ3) is 8.04. The van der Waals surface area contributed by atoms with Gasteiger partial charge in [-0.3, -0.25) is 9.59 Å². The third-order valence-electron chi connectivity index (χ3n) is 4.86. The van der Waals surface area contributed by atoms with Gasteiger partial charge in [0.25, 0.3) is 0 Å². The van der Waals surface area contributed by atoms with Crippen LogP contribution in [0.3, 0.4) is 0 Å². The molecule has 0 bridgehead atoms. The first-order chi connectivity index (χ1) is 17.0. The van der Waals surface area contributed by atoms with Gasteiger partial charge in [-0.05, 0) is 53.6 Å². The quantitative estimate of drug-likeness (QED) is 0.294. The van der Waals surface area contributed by atoms with Crippen molar-refractivity contribution in [3.63, 3.8) is 0 Å². The fraction of sp³-hybridized carbons (Fsp3) is 0.192. The number of anilines is 1. The van der Waals surface area contributed by atoms with Crippen molar-refractivity contribution in [1.82, 2.24) is 5.43 Å². The lowest BCUT2D eigenvalue weighted by molar-refractivity contribution is -0.124. The fourth-order valence-electron chi connectivity index (χ4n) is 3.05. The van der Waals surface area contributed by atoms with E-state index in [4.69, 9.17) is 25.8 Å². The molecular weight excluding hydrogens is 470 g/mol. The summed E-state index contributed by atoms with van der Waals surface area (Å²) in [5.74, 6) is 0.970. The molecule has 0 aliphatic carbocycles. The van der Waals surface area contributed by atoms with Crippen molar-refractivity contribution in [2.45, 2.75) is 19.4 Å². The van der Waals surface area contributed by atoms with Gasteiger partial charge in [-0.15, -0.1) is 0 Å². The van der Waals surface area contributed by atoms with Crippen LogP contribution in [0.2, 0.25) is 5.02 Å². The number of hydrogen-bond donors (Lipinski definition) is 2. The molecule has 0 heterocycles. The Morgan fingerprint density at radius 2 is 1.60 bits per heavy atom. The van der Waals surface area contributed by atoms with Gasteiger partial charge in [0.1, 0.15) is 12.4 Å². The molecule has 0 aliphatic rings. The molecule has 8 nitrogen and oxygen atoms in total. The summed E-state index contributed by atoms with van der Waals surface area (Å²) in [5.41, 5.74) is 4.65. The van der Waals surface area contributed by atoms with Crippen LogP contribution in [-0.4, -0.2) is 32.2 Å². The van der Waals surface area contributed by atoms with Crippen molar-refractivity contribution in [2.24, 2.45) is 5.10 Å². The molecule has 0 aliphatic heterocycles. The zero-order valence-corrected chi connectivity index (χ0v) is 20.2. The van der Waals surface area contributed by atoms with Gasteiger partial charge in [-0.1, -0.05) is 35.9 Å². The van der Waals surface area contributed by atoms with E-state index in [-0.39, 0.29) is 24.7 Å². The minimum Gasteiger partial charge on any atom is -0.495 e. The van der Waals surface area contributed by atoms with Gasteiger partial charge in [-0.2, -0.15) is 5.10 Å². The minimum absolute atomic E-state index is 0.00683. The molecule has 35 heavy (non-hydrogen) atoms. The lowest BCUT2D eigenvalue weighted by atomic mass is 10.2.